The van der Waals surface area contributed by atoms with E-state index in [1.54, 1.807) is 19.4 Å². The molecule has 2 aromatic rings. The molecule has 5 nitrogen and oxygen atoms in total. The molecule has 1 fully saturated rings. The van der Waals surface area contributed by atoms with Crippen molar-refractivity contribution in [2.24, 2.45) is 5.92 Å². The molecular weight excluding hydrogens is 340 g/mol. The zero-order valence-electron chi connectivity index (χ0n) is 16.2. The van der Waals surface area contributed by atoms with Crippen LogP contribution in [-0.2, 0) is 11.2 Å². The highest BCUT2D eigenvalue weighted by molar-refractivity contribution is 5.79. The molecule has 27 heavy (non-hydrogen) atoms. The first-order valence-corrected chi connectivity index (χ1v) is 9.52. The van der Waals surface area contributed by atoms with Crippen LogP contribution in [0.25, 0.3) is 0 Å². The molecule has 1 aromatic heterocycles. The summed E-state index contributed by atoms with van der Waals surface area (Å²) in [5, 5.41) is 12.8. The minimum atomic E-state index is -0.274. The molecule has 0 saturated heterocycles. The second-order valence-electron chi connectivity index (χ2n) is 7.64. The Morgan fingerprint density at radius 3 is 2.37 bits per heavy atom. The van der Waals surface area contributed by atoms with Gasteiger partial charge in [-0.25, -0.2) is 4.98 Å². The second-order valence-corrected chi connectivity index (χ2v) is 7.64. The summed E-state index contributed by atoms with van der Waals surface area (Å²) < 4.78 is 5.11. The molecule has 0 unspecified atom stereocenters. The lowest BCUT2D eigenvalue weighted by atomic mass is 9.75. The number of hydrogen-bond donors (Lipinski definition) is 2. The van der Waals surface area contributed by atoms with Crippen molar-refractivity contribution in [3.8, 4) is 5.88 Å². The third-order valence-corrected chi connectivity index (χ3v) is 5.28. The summed E-state index contributed by atoms with van der Waals surface area (Å²) in [4.78, 5) is 16.9. The predicted octanol–water partition coefficient (Wildman–Crippen LogP) is 3.38. The zero-order valence-corrected chi connectivity index (χ0v) is 16.2. The van der Waals surface area contributed by atoms with Crippen LogP contribution in [0.15, 0.2) is 42.6 Å². The van der Waals surface area contributed by atoms with E-state index in [-0.39, 0.29) is 24.0 Å². The lowest BCUT2D eigenvalue weighted by molar-refractivity contribution is -0.122. The van der Waals surface area contributed by atoms with Gasteiger partial charge in [-0.15, -0.1) is 0 Å². The van der Waals surface area contributed by atoms with Crippen LogP contribution >= 0.6 is 0 Å². The third kappa shape index (κ3) is 4.86. The van der Waals surface area contributed by atoms with Gasteiger partial charge in [0.25, 0.3) is 0 Å². The molecule has 1 atom stereocenters. The standard InChI is InChI=1S/C22H28N2O3/c1-14(2)16-6-4-15(5-7-16)10-20(26)24-22(18-11-19(25)12-18)17-8-9-21(27-3)23-13-17/h4-9,13-14,18-19,22,25H,10-12H2,1-3H3,(H,24,26)/t18?,19?,22-/m0/s1. The van der Waals surface area contributed by atoms with Gasteiger partial charge in [-0.05, 0) is 41.4 Å². The number of aliphatic hydroxyl groups is 1. The molecule has 0 radical (unpaired) electrons. The Kier molecular flexibility index (Phi) is 6.11. The van der Waals surface area contributed by atoms with Gasteiger partial charge >= 0.3 is 0 Å². The van der Waals surface area contributed by atoms with Gasteiger partial charge in [0.1, 0.15) is 0 Å². The fourth-order valence-electron chi connectivity index (χ4n) is 3.50. The number of pyridine rings is 1. The number of benzene rings is 1. The van der Waals surface area contributed by atoms with Crippen LogP contribution in [0.5, 0.6) is 5.88 Å². The number of amides is 1. The lowest BCUT2D eigenvalue weighted by Gasteiger charge is -2.38. The number of methoxy groups -OCH3 is 1. The normalized spacial score (nSPS) is 20.0. The van der Waals surface area contributed by atoms with Gasteiger partial charge in [0, 0.05) is 12.3 Å². The quantitative estimate of drug-likeness (QED) is 0.786. The molecule has 0 spiro atoms. The highest BCUT2D eigenvalue weighted by Crippen LogP contribution is 2.38. The molecule has 2 N–H and O–H groups in total. The lowest BCUT2D eigenvalue weighted by Crippen LogP contribution is -2.41. The van der Waals surface area contributed by atoms with Gasteiger partial charge in [-0.1, -0.05) is 44.2 Å². The highest BCUT2D eigenvalue weighted by Gasteiger charge is 2.35. The van der Waals surface area contributed by atoms with E-state index in [0.29, 0.717) is 31.1 Å². The molecule has 1 saturated carbocycles. The Morgan fingerprint density at radius 2 is 1.85 bits per heavy atom. The van der Waals surface area contributed by atoms with E-state index in [4.69, 9.17) is 4.74 Å². The Morgan fingerprint density at radius 1 is 1.19 bits per heavy atom. The first-order valence-electron chi connectivity index (χ1n) is 9.52. The largest absolute Gasteiger partial charge is 0.481 e. The van der Waals surface area contributed by atoms with Crippen molar-refractivity contribution in [2.75, 3.05) is 7.11 Å². The van der Waals surface area contributed by atoms with Gasteiger partial charge in [-0.3, -0.25) is 4.79 Å². The first kappa shape index (κ1) is 19.4. The number of carbonyl (C=O) groups excluding carboxylic acids is 1. The molecule has 1 heterocycles. The maximum absolute atomic E-state index is 12.6. The summed E-state index contributed by atoms with van der Waals surface area (Å²) in [6.07, 6.45) is 3.20. The van der Waals surface area contributed by atoms with E-state index in [9.17, 15) is 9.90 Å². The van der Waals surface area contributed by atoms with Crippen molar-refractivity contribution >= 4 is 5.91 Å². The van der Waals surface area contributed by atoms with Gasteiger partial charge in [0.15, 0.2) is 0 Å². The summed E-state index contributed by atoms with van der Waals surface area (Å²) in [5.41, 5.74) is 3.21. The molecule has 1 amide bonds. The van der Waals surface area contributed by atoms with Gasteiger partial charge in [0.2, 0.25) is 11.8 Å². The molecule has 1 aliphatic rings. The summed E-state index contributed by atoms with van der Waals surface area (Å²) in [6, 6.07) is 11.8. The molecule has 1 aromatic carbocycles. The van der Waals surface area contributed by atoms with Gasteiger partial charge < -0.3 is 15.2 Å². The van der Waals surface area contributed by atoms with E-state index in [0.717, 1.165) is 11.1 Å². The number of aromatic nitrogens is 1. The number of rotatable bonds is 7. The fraction of sp³-hybridized carbons (Fsp3) is 0.455. The number of hydrogen-bond acceptors (Lipinski definition) is 4. The molecular formula is C22H28N2O3. The molecule has 0 bridgehead atoms. The molecule has 3 rings (SSSR count). The van der Waals surface area contributed by atoms with Crippen LogP contribution in [-0.4, -0.2) is 29.2 Å². The van der Waals surface area contributed by atoms with Crippen molar-refractivity contribution in [2.45, 2.75) is 51.2 Å². The molecule has 5 heteroatoms. The first-order chi connectivity index (χ1) is 13.0. The van der Waals surface area contributed by atoms with E-state index in [2.05, 4.69) is 36.3 Å². The fourth-order valence-corrected chi connectivity index (χ4v) is 3.50. The molecule has 144 valence electrons. The average molecular weight is 368 g/mol. The second kappa shape index (κ2) is 8.53. The Hall–Kier alpha value is -2.40. The summed E-state index contributed by atoms with van der Waals surface area (Å²) in [6.45, 7) is 4.31. The summed E-state index contributed by atoms with van der Waals surface area (Å²) in [5.74, 6) is 1.23. The SMILES string of the molecule is COc1ccc([C@H](NC(=O)Cc2ccc(C(C)C)cc2)C2CC(O)C2)cn1. The van der Waals surface area contributed by atoms with Crippen LogP contribution in [0.1, 0.15) is 55.3 Å². The van der Waals surface area contributed by atoms with Crippen LogP contribution in [0.2, 0.25) is 0 Å². The van der Waals surface area contributed by atoms with Crippen molar-refractivity contribution in [1.29, 1.82) is 0 Å². The van der Waals surface area contributed by atoms with Gasteiger partial charge in [-0.2, -0.15) is 0 Å². The summed E-state index contributed by atoms with van der Waals surface area (Å²) in [7, 11) is 1.58. The number of ether oxygens (including phenoxy) is 1. The van der Waals surface area contributed by atoms with Crippen molar-refractivity contribution in [3.63, 3.8) is 0 Å². The maximum Gasteiger partial charge on any atom is 0.224 e. The van der Waals surface area contributed by atoms with Crippen LogP contribution in [0.4, 0.5) is 0 Å². The Labute approximate surface area is 160 Å². The molecule has 0 aliphatic heterocycles. The zero-order chi connectivity index (χ0) is 19.4. The van der Waals surface area contributed by atoms with Crippen molar-refractivity contribution in [1.82, 2.24) is 10.3 Å². The molecule has 1 aliphatic carbocycles. The van der Waals surface area contributed by atoms with Crippen LogP contribution in [0.3, 0.4) is 0 Å². The Balaban J connectivity index is 1.68. The van der Waals surface area contributed by atoms with Gasteiger partial charge in [0.05, 0.1) is 25.7 Å². The third-order valence-electron chi connectivity index (χ3n) is 5.28. The van der Waals surface area contributed by atoms with Crippen molar-refractivity contribution in [3.05, 3.63) is 59.3 Å². The number of carbonyl (C=O) groups is 1. The smallest absolute Gasteiger partial charge is 0.224 e. The van der Waals surface area contributed by atoms with E-state index >= 15 is 0 Å². The summed E-state index contributed by atoms with van der Waals surface area (Å²) >= 11 is 0. The van der Waals surface area contributed by atoms with E-state index in [1.807, 2.05) is 18.2 Å². The van der Waals surface area contributed by atoms with Crippen LogP contribution < -0.4 is 10.1 Å². The minimum Gasteiger partial charge on any atom is -0.481 e. The predicted molar refractivity (Wildman–Crippen MR) is 105 cm³/mol. The number of nitrogens with zero attached hydrogens (tertiary/aromatic N) is 1. The number of nitrogens with one attached hydrogen (secondary N) is 1. The van der Waals surface area contributed by atoms with Crippen molar-refractivity contribution < 1.29 is 14.6 Å². The topological polar surface area (TPSA) is 71.5 Å². The average Bonchev–Trinajstić information content (AvgIpc) is 2.64. The maximum atomic E-state index is 12.6. The Bertz CT molecular complexity index is 750. The minimum absolute atomic E-state index is 0.0190. The van der Waals surface area contributed by atoms with E-state index in [1.165, 1.54) is 5.56 Å². The monoisotopic (exact) mass is 368 g/mol. The highest BCUT2D eigenvalue weighted by atomic mass is 16.5. The van der Waals surface area contributed by atoms with Crippen LogP contribution in [0, 0.1) is 5.92 Å². The number of aliphatic hydroxyl groups excluding tert-OH is 1. The van der Waals surface area contributed by atoms with E-state index < -0.39 is 0 Å².